The standard InChI is InChI=1S/C9H15N3O/c1-12-6-7(5-11-12)9-3-2-8(4-10)13-9/h5-6,8-9H,2-4,10H2,1H3. The second kappa shape index (κ2) is 3.47. The van der Waals surface area contributed by atoms with E-state index in [1.54, 1.807) is 4.68 Å². The van der Waals surface area contributed by atoms with E-state index in [1.165, 1.54) is 5.56 Å². The molecule has 72 valence electrons. The molecule has 2 unspecified atom stereocenters. The zero-order valence-corrected chi connectivity index (χ0v) is 7.81. The van der Waals surface area contributed by atoms with Crippen LogP contribution >= 0.6 is 0 Å². The fraction of sp³-hybridized carbons (Fsp3) is 0.667. The van der Waals surface area contributed by atoms with Crippen LogP contribution in [-0.4, -0.2) is 22.4 Å². The van der Waals surface area contributed by atoms with Gasteiger partial charge < -0.3 is 10.5 Å². The number of ether oxygens (including phenoxy) is 1. The van der Waals surface area contributed by atoms with E-state index >= 15 is 0 Å². The summed E-state index contributed by atoms with van der Waals surface area (Å²) in [6.07, 6.45) is 6.45. The van der Waals surface area contributed by atoms with Crippen LogP contribution in [0.4, 0.5) is 0 Å². The molecule has 1 aromatic rings. The Hall–Kier alpha value is -0.870. The smallest absolute Gasteiger partial charge is 0.0860 e. The van der Waals surface area contributed by atoms with Crippen LogP contribution in [0.3, 0.4) is 0 Å². The summed E-state index contributed by atoms with van der Waals surface area (Å²) in [5, 5.41) is 4.12. The minimum absolute atomic E-state index is 0.210. The van der Waals surface area contributed by atoms with Crippen LogP contribution < -0.4 is 5.73 Å². The fourth-order valence-electron chi connectivity index (χ4n) is 1.73. The topological polar surface area (TPSA) is 53.1 Å². The van der Waals surface area contributed by atoms with Gasteiger partial charge in [0.1, 0.15) is 0 Å². The summed E-state index contributed by atoms with van der Waals surface area (Å²) in [6.45, 7) is 0.622. The lowest BCUT2D eigenvalue weighted by Crippen LogP contribution is -2.18. The third kappa shape index (κ3) is 1.73. The van der Waals surface area contributed by atoms with Crippen molar-refractivity contribution in [3.8, 4) is 0 Å². The highest BCUT2D eigenvalue weighted by atomic mass is 16.5. The molecule has 2 heterocycles. The summed E-state index contributed by atoms with van der Waals surface area (Å²) in [4.78, 5) is 0. The molecule has 1 aromatic heterocycles. The van der Waals surface area contributed by atoms with Crippen LogP contribution in [0.2, 0.25) is 0 Å². The van der Waals surface area contributed by atoms with Gasteiger partial charge in [-0.1, -0.05) is 0 Å². The van der Waals surface area contributed by atoms with E-state index in [4.69, 9.17) is 10.5 Å². The molecule has 1 aliphatic heterocycles. The quantitative estimate of drug-likeness (QED) is 0.726. The Kier molecular flexibility index (Phi) is 2.33. The number of hydrogen-bond donors (Lipinski definition) is 1. The van der Waals surface area contributed by atoms with Gasteiger partial charge in [0.05, 0.1) is 18.4 Å². The molecule has 2 N–H and O–H groups in total. The zero-order chi connectivity index (χ0) is 9.26. The third-order valence-electron chi connectivity index (χ3n) is 2.47. The molecule has 4 heteroatoms. The molecule has 2 rings (SSSR count). The van der Waals surface area contributed by atoms with E-state index in [2.05, 4.69) is 5.10 Å². The molecular weight excluding hydrogens is 166 g/mol. The van der Waals surface area contributed by atoms with Crippen molar-refractivity contribution in [3.63, 3.8) is 0 Å². The van der Waals surface area contributed by atoms with Crippen LogP contribution in [0, 0.1) is 0 Å². The molecule has 0 aromatic carbocycles. The van der Waals surface area contributed by atoms with Crippen LogP contribution in [0.15, 0.2) is 12.4 Å². The minimum Gasteiger partial charge on any atom is -0.369 e. The lowest BCUT2D eigenvalue weighted by atomic mass is 10.1. The first-order valence-corrected chi connectivity index (χ1v) is 4.63. The van der Waals surface area contributed by atoms with E-state index in [0.717, 1.165) is 12.8 Å². The summed E-state index contributed by atoms with van der Waals surface area (Å²) in [5.41, 5.74) is 6.70. The maximum atomic E-state index is 5.73. The van der Waals surface area contributed by atoms with E-state index < -0.39 is 0 Å². The van der Waals surface area contributed by atoms with Gasteiger partial charge in [-0.05, 0) is 12.8 Å². The normalized spacial score (nSPS) is 28.2. The van der Waals surface area contributed by atoms with Gasteiger partial charge in [0.25, 0.3) is 0 Å². The van der Waals surface area contributed by atoms with Crippen LogP contribution in [-0.2, 0) is 11.8 Å². The lowest BCUT2D eigenvalue weighted by molar-refractivity contribution is 0.0498. The van der Waals surface area contributed by atoms with E-state index in [-0.39, 0.29) is 12.2 Å². The average molecular weight is 181 g/mol. The van der Waals surface area contributed by atoms with Gasteiger partial charge in [0.2, 0.25) is 0 Å². The van der Waals surface area contributed by atoms with E-state index in [1.807, 2.05) is 19.4 Å². The molecule has 0 radical (unpaired) electrons. The van der Waals surface area contributed by atoms with Crippen molar-refractivity contribution in [2.45, 2.75) is 25.0 Å². The van der Waals surface area contributed by atoms with Crippen LogP contribution in [0.1, 0.15) is 24.5 Å². The number of nitrogens with zero attached hydrogens (tertiary/aromatic N) is 2. The number of aromatic nitrogens is 2. The maximum absolute atomic E-state index is 5.73. The largest absolute Gasteiger partial charge is 0.369 e. The molecular formula is C9H15N3O. The van der Waals surface area contributed by atoms with Crippen molar-refractivity contribution < 1.29 is 4.74 Å². The second-order valence-electron chi connectivity index (χ2n) is 3.51. The molecule has 0 bridgehead atoms. The SMILES string of the molecule is Cn1cc(C2CCC(CN)O2)cn1. The first-order valence-electron chi connectivity index (χ1n) is 4.63. The Morgan fingerprint density at radius 1 is 1.69 bits per heavy atom. The summed E-state index contributed by atoms with van der Waals surface area (Å²) in [7, 11) is 1.92. The Labute approximate surface area is 77.7 Å². The van der Waals surface area contributed by atoms with Crippen molar-refractivity contribution in [2.75, 3.05) is 6.54 Å². The Morgan fingerprint density at radius 3 is 3.08 bits per heavy atom. The summed E-state index contributed by atoms with van der Waals surface area (Å²) in [5.74, 6) is 0. The van der Waals surface area contributed by atoms with Gasteiger partial charge in [-0.15, -0.1) is 0 Å². The highest BCUT2D eigenvalue weighted by Gasteiger charge is 2.25. The predicted octanol–water partition coefficient (Wildman–Crippen LogP) is 0.599. The maximum Gasteiger partial charge on any atom is 0.0860 e. The molecule has 0 aliphatic carbocycles. The predicted molar refractivity (Wildman–Crippen MR) is 49.1 cm³/mol. The third-order valence-corrected chi connectivity index (χ3v) is 2.47. The van der Waals surface area contributed by atoms with Crippen LogP contribution in [0.5, 0.6) is 0 Å². The van der Waals surface area contributed by atoms with Gasteiger partial charge in [0, 0.05) is 25.4 Å². The number of hydrogen-bond acceptors (Lipinski definition) is 3. The molecule has 0 amide bonds. The number of aryl methyl sites for hydroxylation is 1. The summed E-state index contributed by atoms with van der Waals surface area (Å²) >= 11 is 0. The molecule has 1 aliphatic rings. The summed E-state index contributed by atoms with van der Waals surface area (Å²) in [6, 6.07) is 0. The van der Waals surface area contributed by atoms with E-state index in [0.29, 0.717) is 6.54 Å². The summed E-state index contributed by atoms with van der Waals surface area (Å²) < 4.78 is 7.53. The first kappa shape index (κ1) is 8.72. The zero-order valence-electron chi connectivity index (χ0n) is 7.81. The highest BCUT2D eigenvalue weighted by molar-refractivity contribution is 5.09. The minimum atomic E-state index is 0.210. The van der Waals surface area contributed by atoms with Gasteiger partial charge in [-0.3, -0.25) is 4.68 Å². The Morgan fingerprint density at radius 2 is 2.54 bits per heavy atom. The molecule has 13 heavy (non-hydrogen) atoms. The van der Waals surface area contributed by atoms with Crippen molar-refractivity contribution in [3.05, 3.63) is 18.0 Å². The van der Waals surface area contributed by atoms with Gasteiger partial charge in [-0.2, -0.15) is 5.10 Å². The lowest BCUT2D eigenvalue weighted by Gasteiger charge is -2.09. The monoisotopic (exact) mass is 181 g/mol. The second-order valence-corrected chi connectivity index (χ2v) is 3.51. The number of rotatable bonds is 2. The average Bonchev–Trinajstić information content (AvgIpc) is 2.71. The molecule has 4 nitrogen and oxygen atoms in total. The molecule has 0 saturated carbocycles. The Balaban J connectivity index is 2.03. The number of nitrogens with two attached hydrogens (primary N) is 1. The van der Waals surface area contributed by atoms with Crippen molar-refractivity contribution in [1.29, 1.82) is 0 Å². The molecule has 2 atom stereocenters. The first-order chi connectivity index (χ1) is 6.29. The van der Waals surface area contributed by atoms with Crippen molar-refractivity contribution >= 4 is 0 Å². The van der Waals surface area contributed by atoms with E-state index in [9.17, 15) is 0 Å². The molecule has 0 spiro atoms. The van der Waals surface area contributed by atoms with Crippen molar-refractivity contribution in [1.82, 2.24) is 9.78 Å². The van der Waals surface area contributed by atoms with Crippen molar-refractivity contribution in [2.24, 2.45) is 12.8 Å². The fourth-order valence-corrected chi connectivity index (χ4v) is 1.73. The van der Waals surface area contributed by atoms with Gasteiger partial charge in [-0.25, -0.2) is 0 Å². The molecule has 1 fully saturated rings. The van der Waals surface area contributed by atoms with Gasteiger partial charge >= 0.3 is 0 Å². The molecule has 1 saturated heterocycles. The highest BCUT2D eigenvalue weighted by Crippen LogP contribution is 2.31. The van der Waals surface area contributed by atoms with Crippen LogP contribution in [0.25, 0.3) is 0 Å². The van der Waals surface area contributed by atoms with Gasteiger partial charge in [0.15, 0.2) is 0 Å². The Bertz CT molecular complexity index is 284.